The van der Waals surface area contributed by atoms with Crippen LogP contribution in [0.4, 0.5) is 4.79 Å². The maximum Gasteiger partial charge on any atom is 0.311 e. The Morgan fingerprint density at radius 1 is 0.946 bits per heavy atom. The number of carbonyl (C=O) groups is 2. The molecule has 0 aliphatic carbocycles. The maximum atomic E-state index is 12.4. The number of methoxy groups -OCH3 is 2. The van der Waals surface area contributed by atoms with Crippen LogP contribution in [-0.4, -0.2) is 50.5 Å². The lowest BCUT2D eigenvalue weighted by Gasteiger charge is -2.25. The Balaban J connectivity index is 2.14. The zero-order valence-electron chi connectivity index (χ0n) is 22.8. The molecule has 1 unspecified atom stereocenters. The van der Waals surface area contributed by atoms with Gasteiger partial charge in [0.15, 0.2) is 18.3 Å². The number of thiol groups is 1. The van der Waals surface area contributed by atoms with Crippen molar-refractivity contribution in [3.8, 4) is 11.5 Å². The van der Waals surface area contributed by atoms with E-state index in [1.165, 1.54) is 30.4 Å². The van der Waals surface area contributed by atoms with Crippen LogP contribution in [0, 0.1) is 25.2 Å². The molecule has 0 saturated heterocycles. The summed E-state index contributed by atoms with van der Waals surface area (Å²) in [4.78, 5) is 30.6. The van der Waals surface area contributed by atoms with Gasteiger partial charge in [0.1, 0.15) is 0 Å². The molecule has 9 heteroatoms. The largest absolute Gasteiger partial charge is 0.493 e. The Bertz CT molecular complexity index is 1050. The lowest BCUT2D eigenvalue weighted by molar-refractivity contribution is -0.160. The van der Waals surface area contributed by atoms with Crippen molar-refractivity contribution in [2.45, 2.75) is 47.6 Å². The summed E-state index contributed by atoms with van der Waals surface area (Å²) in [6, 6.07) is 11.5. The third-order valence-electron chi connectivity index (χ3n) is 5.72. The Kier molecular flexibility index (Phi) is 11.7. The van der Waals surface area contributed by atoms with E-state index in [9.17, 15) is 9.59 Å². The van der Waals surface area contributed by atoms with E-state index in [1.807, 2.05) is 20.8 Å². The first-order valence-corrected chi connectivity index (χ1v) is 12.5. The van der Waals surface area contributed by atoms with Crippen LogP contribution in [0.1, 0.15) is 43.0 Å². The molecule has 0 N–H and O–H groups in total. The van der Waals surface area contributed by atoms with Crippen molar-refractivity contribution >= 4 is 23.8 Å². The summed E-state index contributed by atoms with van der Waals surface area (Å²) < 4.78 is 21.4. The molecule has 0 fully saturated rings. The number of hydrogen-bond donors (Lipinski definition) is 1. The fraction of sp³-hybridized carbons (Fsp3) is 0.500. The summed E-state index contributed by atoms with van der Waals surface area (Å²) in [6.07, 6.45) is 0.618. The molecular formula is C28H39NO7S. The third kappa shape index (κ3) is 9.91. The highest BCUT2D eigenvalue weighted by Crippen LogP contribution is 2.29. The fourth-order valence-electron chi connectivity index (χ4n) is 3.42. The predicted octanol–water partition coefficient (Wildman–Crippen LogP) is 5.53. The van der Waals surface area contributed by atoms with Gasteiger partial charge in [0, 0.05) is 13.0 Å². The van der Waals surface area contributed by atoms with Crippen molar-refractivity contribution in [2.24, 2.45) is 11.3 Å². The minimum Gasteiger partial charge on any atom is -0.493 e. The van der Waals surface area contributed by atoms with E-state index in [0.29, 0.717) is 17.9 Å². The Hall–Kier alpha value is -2.75. The van der Waals surface area contributed by atoms with Crippen molar-refractivity contribution in [1.82, 2.24) is 5.06 Å². The van der Waals surface area contributed by atoms with E-state index in [2.05, 4.69) is 44.7 Å². The van der Waals surface area contributed by atoms with Gasteiger partial charge in [-0.2, -0.15) is 0 Å². The number of carbonyl (C=O) groups excluding carboxylic acids is 2. The molecule has 0 bridgehead atoms. The van der Waals surface area contributed by atoms with Crippen LogP contribution in [-0.2, 0) is 32.1 Å². The second-order valence-corrected chi connectivity index (χ2v) is 10.4. The van der Waals surface area contributed by atoms with Gasteiger partial charge in [-0.25, -0.2) is 5.06 Å². The van der Waals surface area contributed by atoms with Gasteiger partial charge in [-0.3, -0.25) is 14.4 Å². The Morgan fingerprint density at radius 3 is 2.24 bits per heavy atom. The topological polar surface area (TPSA) is 83.5 Å². The van der Waals surface area contributed by atoms with E-state index in [0.717, 1.165) is 11.1 Å². The first kappa shape index (κ1) is 30.5. The second-order valence-electron chi connectivity index (χ2n) is 9.99. The average molecular weight is 534 g/mol. The lowest BCUT2D eigenvalue weighted by Crippen LogP contribution is -2.32. The van der Waals surface area contributed by atoms with Gasteiger partial charge >= 0.3 is 11.2 Å². The molecule has 0 aliphatic heterocycles. The van der Waals surface area contributed by atoms with Crippen molar-refractivity contribution in [2.75, 3.05) is 34.2 Å². The van der Waals surface area contributed by atoms with Gasteiger partial charge in [0.25, 0.3) is 0 Å². The smallest absolute Gasteiger partial charge is 0.311 e. The molecule has 204 valence electrons. The fourth-order valence-corrected chi connectivity index (χ4v) is 3.55. The minimum atomic E-state index is -0.614. The first-order valence-electron chi connectivity index (χ1n) is 12.1. The van der Waals surface area contributed by atoms with Crippen molar-refractivity contribution in [3.63, 3.8) is 0 Å². The number of hydrogen-bond acceptors (Lipinski definition) is 7. The third-order valence-corrected chi connectivity index (χ3v) is 5.95. The molecular weight excluding hydrogens is 494 g/mol. The zero-order chi connectivity index (χ0) is 27.6. The highest BCUT2D eigenvalue weighted by atomic mass is 32.1. The van der Waals surface area contributed by atoms with Gasteiger partial charge in [0.2, 0.25) is 0 Å². The van der Waals surface area contributed by atoms with Crippen LogP contribution in [0.25, 0.3) is 0 Å². The molecule has 0 radical (unpaired) electrons. The Morgan fingerprint density at radius 2 is 1.65 bits per heavy atom. The molecule has 1 amide bonds. The monoisotopic (exact) mass is 533 g/mol. The molecule has 0 aromatic heterocycles. The van der Waals surface area contributed by atoms with Crippen molar-refractivity contribution < 1.29 is 33.4 Å². The summed E-state index contributed by atoms with van der Waals surface area (Å²) in [6.45, 7) is 10.1. The number of benzene rings is 2. The van der Waals surface area contributed by atoms with E-state index < -0.39 is 10.7 Å². The van der Waals surface area contributed by atoms with Gasteiger partial charge in [-0.1, -0.05) is 36.9 Å². The Labute approximate surface area is 225 Å². The van der Waals surface area contributed by atoms with Crippen LogP contribution in [0.3, 0.4) is 0 Å². The highest BCUT2D eigenvalue weighted by molar-refractivity contribution is 7.96. The normalized spacial score (nSPS) is 12.1. The van der Waals surface area contributed by atoms with Gasteiger partial charge < -0.3 is 18.9 Å². The van der Waals surface area contributed by atoms with Crippen LogP contribution >= 0.6 is 12.6 Å². The number of rotatable bonds is 13. The quantitative estimate of drug-likeness (QED) is 0.157. The molecule has 2 aromatic rings. The zero-order valence-corrected chi connectivity index (χ0v) is 23.7. The predicted molar refractivity (Wildman–Crippen MR) is 145 cm³/mol. The van der Waals surface area contributed by atoms with E-state index in [-0.39, 0.29) is 38.4 Å². The average Bonchev–Trinajstić information content (AvgIpc) is 2.84. The van der Waals surface area contributed by atoms with Crippen molar-refractivity contribution in [1.29, 1.82) is 0 Å². The van der Waals surface area contributed by atoms with Crippen LogP contribution in [0.5, 0.6) is 11.5 Å². The van der Waals surface area contributed by atoms with Gasteiger partial charge in [0.05, 0.1) is 32.3 Å². The number of nitrogens with zero attached hydrogens (tertiary/aromatic N) is 1. The van der Waals surface area contributed by atoms with Crippen LogP contribution in [0.15, 0.2) is 36.4 Å². The highest BCUT2D eigenvalue weighted by Gasteiger charge is 2.25. The molecule has 0 saturated carbocycles. The number of ether oxygens (including phenoxy) is 4. The lowest BCUT2D eigenvalue weighted by atomic mass is 9.96. The molecule has 0 spiro atoms. The van der Waals surface area contributed by atoms with Gasteiger partial charge in [-0.15, -0.1) is 0 Å². The van der Waals surface area contributed by atoms with E-state index >= 15 is 0 Å². The van der Waals surface area contributed by atoms with Crippen LogP contribution < -0.4 is 9.47 Å². The molecule has 2 aromatic carbocycles. The number of hydroxylamine groups is 2. The number of esters is 1. The number of amides is 1. The van der Waals surface area contributed by atoms with E-state index in [4.69, 9.17) is 23.8 Å². The van der Waals surface area contributed by atoms with Crippen LogP contribution in [0.2, 0.25) is 0 Å². The second kappa shape index (κ2) is 14.3. The van der Waals surface area contributed by atoms with Gasteiger partial charge in [-0.05, 0) is 75.4 Å². The summed E-state index contributed by atoms with van der Waals surface area (Å²) in [5.74, 6) is 0.556. The molecule has 0 heterocycles. The molecule has 37 heavy (non-hydrogen) atoms. The number of aryl methyl sites for hydroxylation is 2. The SMILES string of the molecule is COCOc1ccc(CN(OCC(COC(=O)C(C)(C)C)Cc2ccc(C)c(C)c2)C(=O)S)cc1OC. The van der Waals surface area contributed by atoms with E-state index in [1.54, 1.807) is 18.2 Å². The summed E-state index contributed by atoms with van der Waals surface area (Å²) in [7, 11) is 3.07. The standard InChI is InChI=1S/C28H39NO7S/c1-19-8-9-21(12-20(19)2)13-23(16-34-26(30)28(3,4)5)17-36-29(27(31)37)15-22-10-11-24(35-18-32-6)25(14-22)33-7/h8-12,14,23H,13,15-18H2,1-7H3,(H,31,37). The molecule has 1 atom stereocenters. The molecule has 2 rings (SSSR count). The molecule has 8 nitrogen and oxygen atoms in total. The molecule has 0 aliphatic rings. The summed E-state index contributed by atoms with van der Waals surface area (Å²) >= 11 is 3.99. The first-order chi connectivity index (χ1) is 17.4. The maximum absolute atomic E-state index is 12.4. The minimum absolute atomic E-state index is 0.0851. The summed E-state index contributed by atoms with van der Waals surface area (Å²) in [5, 5.41) is 0.627. The summed E-state index contributed by atoms with van der Waals surface area (Å²) in [5.41, 5.74) is 3.63. The van der Waals surface area contributed by atoms with Crippen molar-refractivity contribution in [3.05, 3.63) is 58.7 Å².